The summed E-state index contributed by atoms with van der Waals surface area (Å²) in [7, 11) is -2.15. The summed E-state index contributed by atoms with van der Waals surface area (Å²) in [6, 6.07) is 20.2. The second-order valence-electron chi connectivity index (χ2n) is 9.38. The molecule has 198 valence electrons. The molecule has 1 aromatic heterocycles. The van der Waals surface area contributed by atoms with Gasteiger partial charge in [0.25, 0.3) is 0 Å². The number of benzene rings is 3. The zero-order chi connectivity index (χ0) is 27.6. The number of hydrogen-bond acceptors (Lipinski definition) is 5. The maximum Gasteiger partial charge on any atom is 0.193 e. The van der Waals surface area contributed by atoms with Crippen LogP contribution >= 0.6 is 0 Å². The van der Waals surface area contributed by atoms with Crippen LogP contribution in [0, 0.1) is 19.7 Å². The lowest BCUT2D eigenvalue weighted by Crippen LogP contribution is -2.27. The van der Waals surface area contributed by atoms with Crippen molar-refractivity contribution in [2.45, 2.75) is 37.8 Å². The predicted octanol–water partition coefficient (Wildman–Crippen LogP) is 4.97. The molecule has 0 aliphatic carbocycles. The van der Waals surface area contributed by atoms with Gasteiger partial charge in [-0.25, -0.2) is 12.8 Å². The number of rotatable bonds is 8. The predicted molar refractivity (Wildman–Crippen MR) is 148 cm³/mol. The highest BCUT2D eigenvalue weighted by molar-refractivity contribution is 7.90. The summed E-state index contributed by atoms with van der Waals surface area (Å²) in [4.78, 5) is 13.9. The van der Waals surface area contributed by atoms with Crippen molar-refractivity contribution in [1.82, 2.24) is 4.57 Å². The molecule has 38 heavy (non-hydrogen) atoms. The molecule has 0 bridgehead atoms. The fourth-order valence-electron chi connectivity index (χ4n) is 4.86. The Morgan fingerprint density at radius 2 is 1.63 bits per heavy atom. The van der Waals surface area contributed by atoms with Crippen molar-refractivity contribution in [2.75, 3.05) is 13.4 Å². The third kappa shape index (κ3) is 5.42. The molecule has 1 heterocycles. The first-order valence-corrected chi connectivity index (χ1v) is 14.1. The van der Waals surface area contributed by atoms with Crippen LogP contribution in [0.25, 0.3) is 11.1 Å². The summed E-state index contributed by atoms with van der Waals surface area (Å²) < 4.78 is 47.3. The fourth-order valence-corrected chi connectivity index (χ4v) is 5.80. The molecule has 0 radical (unpaired) electrons. The second kappa shape index (κ2) is 10.9. The van der Waals surface area contributed by atoms with Crippen molar-refractivity contribution in [3.8, 4) is 16.9 Å². The van der Waals surface area contributed by atoms with Crippen LogP contribution in [-0.4, -0.2) is 26.4 Å². The van der Waals surface area contributed by atoms with Crippen LogP contribution in [0.4, 0.5) is 4.39 Å². The van der Waals surface area contributed by atoms with E-state index < -0.39 is 21.7 Å². The maximum atomic E-state index is 15.1. The van der Waals surface area contributed by atoms with E-state index in [1.807, 2.05) is 36.4 Å². The van der Waals surface area contributed by atoms with Crippen LogP contribution in [0.15, 0.2) is 82.5 Å². The van der Waals surface area contributed by atoms with Gasteiger partial charge in [-0.1, -0.05) is 48.5 Å². The van der Waals surface area contributed by atoms with Crippen LogP contribution in [0.1, 0.15) is 34.1 Å². The molecule has 1 unspecified atom stereocenters. The molecular formula is C30H31FN2O4S. The standard InChI is InChI=1S/C30H31FN2O4S/c1-19-24(17-27(32)21-10-6-5-7-11-21)30(34)29(22-12-8-13-23(16-22)37-3)20(2)33(19)18-25-26(31)14-9-15-28(25)38(4,35)36/h5-16,27H,17-18,32H2,1-4H3. The number of halogens is 1. The van der Waals surface area contributed by atoms with Crippen LogP contribution in [0.5, 0.6) is 5.75 Å². The minimum Gasteiger partial charge on any atom is -0.497 e. The normalized spacial score (nSPS) is 12.4. The molecule has 4 aromatic rings. The molecule has 0 saturated carbocycles. The average Bonchev–Trinajstić information content (AvgIpc) is 2.89. The molecule has 8 heteroatoms. The van der Waals surface area contributed by atoms with Gasteiger partial charge in [-0.2, -0.15) is 0 Å². The van der Waals surface area contributed by atoms with E-state index in [2.05, 4.69) is 0 Å². The number of methoxy groups -OCH3 is 1. The zero-order valence-electron chi connectivity index (χ0n) is 21.9. The third-order valence-electron chi connectivity index (χ3n) is 6.91. The third-order valence-corrected chi connectivity index (χ3v) is 8.09. The van der Waals surface area contributed by atoms with E-state index in [0.29, 0.717) is 33.8 Å². The first-order valence-electron chi connectivity index (χ1n) is 12.2. The van der Waals surface area contributed by atoms with Crippen LogP contribution in [0.3, 0.4) is 0 Å². The maximum absolute atomic E-state index is 15.1. The van der Waals surface area contributed by atoms with E-state index in [4.69, 9.17) is 10.5 Å². The summed E-state index contributed by atoms with van der Waals surface area (Å²) in [6.45, 7) is 3.50. The van der Waals surface area contributed by atoms with Crippen LogP contribution in [-0.2, 0) is 22.8 Å². The Morgan fingerprint density at radius 1 is 0.947 bits per heavy atom. The molecule has 0 aliphatic rings. The summed E-state index contributed by atoms with van der Waals surface area (Å²) in [5.41, 5.74) is 10.0. The highest BCUT2D eigenvalue weighted by atomic mass is 32.2. The van der Waals surface area contributed by atoms with Gasteiger partial charge in [0.15, 0.2) is 15.3 Å². The van der Waals surface area contributed by atoms with Gasteiger partial charge >= 0.3 is 0 Å². The van der Waals surface area contributed by atoms with Gasteiger partial charge in [-0.15, -0.1) is 0 Å². The number of aromatic nitrogens is 1. The number of ether oxygens (including phenoxy) is 1. The van der Waals surface area contributed by atoms with E-state index in [1.54, 1.807) is 43.7 Å². The largest absolute Gasteiger partial charge is 0.497 e. The number of pyridine rings is 1. The number of sulfone groups is 1. The smallest absolute Gasteiger partial charge is 0.193 e. The SMILES string of the molecule is COc1cccc(-c2c(C)n(Cc3c(F)cccc3S(C)(=O)=O)c(C)c(CC(N)c3ccccc3)c2=O)c1. The Labute approximate surface area is 222 Å². The molecule has 0 aliphatic heterocycles. The monoisotopic (exact) mass is 534 g/mol. The molecule has 2 N–H and O–H groups in total. The van der Waals surface area contributed by atoms with Crippen molar-refractivity contribution in [2.24, 2.45) is 5.73 Å². The van der Waals surface area contributed by atoms with Gasteiger partial charge in [0.2, 0.25) is 0 Å². The molecular weight excluding hydrogens is 503 g/mol. The summed E-state index contributed by atoms with van der Waals surface area (Å²) in [5.74, 6) is -0.0414. The summed E-state index contributed by atoms with van der Waals surface area (Å²) >= 11 is 0. The molecule has 0 amide bonds. The molecule has 0 spiro atoms. The Balaban J connectivity index is 1.97. The highest BCUT2D eigenvalue weighted by Crippen LogP contribution is 2.29. The van der Waals surface area contributed by atoms with Crippen LogP contribution < -0.4 is 15.9 Å². The first-order chi connectivity index (χ1) is 18.0. The van der Waals surface area contributed by atoms with E-state index >= 15 is 4.39 Å². The van der Waals surface area contributed by atoms with E-state index in [1.165, 1.54) is 18.2 Å². The van der Waals surface area contributed by atoms with Crippen molar-refractivity contribution in [1.29, 1.82) is 0 Å². The number of nitrogens with two attached hydrogens (primary N) is 1. The van der Waals surface area contributed by atoms with Crippen molar-refractivity contribution in [3.05, 3.63) is 117 Å². The van der Waals surface area contributed by atoms with Gasteiger partial charge in [-0.3, -0.25) is 4.79 Å². The molecule has 0 saturated heterocycles. The van der Waals surface area contributed by atoms with Gasteiger partial charge in [0.1, 0.15) is 11.6 Å². The summed E-state index contributed by atoms with van der Waals surface area (Å²) in [5, 5.41) is 0. The van der Waals surface area contributed by atoms with Crippen LogP contribution in [0.2, 0.25) is 0 Å². The topological polar surface area (TPSA) is 91.4 Å². The minimum atomic E-state index is -3.70. The molecule has 3 aromatic carbocycles. The number of hydrogen-bond donors (Lipinski definition) is 1. The Kier molecular flexibility index (Phi) is 7.85. The Bertz CT molecular complexity index is 1650. The lowest BCUT2D eigenvalue weighted by molar-refractivity contribution is 0.415. The van der Waals surface area contributed by atoms with Crippen molar-refractivity contribution in [3.63, 3.8) is 0 Å². The molecule has 4 rings (SSSR count). The van der Waals surface area contributed by atoms with Gasteiger partial charge in [0.05, 0.1) is 18.6 Å². The van der Waals surface area contributed by atoms with E-state index in [-0.39, 0.29) is 28.9 Å². The van der Waals surface area contributed by atoms with Crippen molar-refractivity contribution >= 4 is 9.84 Å². The van der Waals surface area contributed by atoms with Crippen molar-refractivity contribution < 1.29 is 17.5 Å². The fraction of sp³-hybridized carbons (Fsp3) is 0.233. The quantitative estimate of drug-likeness (QED) is 0.345. The molecule has 6 nitrogen and oxygen atoms in total. The average molecular weight is 535 g/mol. The van der Waals surface area contributed by atoms with Gasteiger partial charge in [-0.05, 0) is 55.7 Å². The lowest BCUT2D eigenvalue weighted by atomic mass is 9.93. The molecule has 1 atom stereocenters. The van der Waals surface area contributed by atoms with Gasteiger partial charge in [0, 0.05) is 40.4 Å². The Hall–Kier alpha value is -3.75. The van der Waals surface area contributed by atoms with E-state index in [9.17, 15) is 13.2 Å². The highest BCUT2D eigenvalue weighted by Gasteiger charge is 2.24. The second-order valence-corrected chi connectivity index (χ2v) is 11.4. The summed E-state index contributed by atoms with van der Waals surface area (Å²) in [6.07, 6.45) is 1.31. The van der Waals surface area contributed by atoms with E-state index in [0.717, 1.165) is 11.8 Å². The zero-order valence-corrected chi connectivity index (χ0v) is 22.7. The van der Waals surface area contributed by atoms with Gasteiger partial charge < -0.3 is 15.0 Å². The first kappa shape index (κ1) is 27.3. The minimum absolute atomic E-state index is 0.0414. The number of nitrogens with zero attached hydrogens (tertiary/aromatic N) is 1. The lowest BCUT2D eigenvalue weighted by Gasteiger charge is -2.24. The molecule has 0 fully saturated rings. The Morgan fingerprint density at radius 3 is 2.29 bits per heavy atom.